The molecular weight excluding hydrogens is 276 g/mol. The maximum absolute atomic E-state index is 12.4. The monoisotopic (exact) mass is 294 g/mol. The predicted octanol–water partition coefficient (Wildman–Crippen LogP) is 1.90. The molecule has 0 radical (unpaired) electrons. The fraction of sp³-hybridized carbons (Fsp3) is 0.385. The van der Waals surface area contributed by atoms with Crippen LogP contribution in [0.1, 0.15) is 38.4 Å². The van der Waals surface area contributed by atoms with Gasteiger partial charge in [0.1, 0.15) is 0 Å². The van der Waals surface area contributed by atoms with Crippen molar-refractivity contribution in [1.82, 2.24) is 19.5 Å². The summed E-state index contributed by atoms with van der Waals surface area (Å²) in [6.45, 7) is 5.55. The Bertz CT molecular complexity index is 665. The molecule has 6 nitrogen and oxygen atoms in total. The highest BCUT2D eigenvalue weighted by atomic mass is 32.2. The number of sulfonamides is 1. The van der Waals surface area contributed by atoms with Crippen molar-refractivity contribution >= 4 is 10.0 Å². The first-order chi connectivity index (χ1) is 9.42. The number of nitrogens with one attached hydrogen (secondary N) is 1. The molecule has 0 bridgehead atoms. The fourth-order valence-corrected chi connectivity index (χ4v) is 3.36. The molecule has 2 heterocycles. The highest BCUT2D eigenvalue weighted by molar-refractivity contribution is 7.89. The van der Waals surface area contributed by atoms with Gasteiger partial charge in [-0.3, -0.25) is 9.67 Å². The van der Waals surface area contributed by atoms with Crippen LogP contribution < -0.4 is 4.72 Å². The minimum atomic E-state index is -3.62. The zero-order valence-corrected chi connectivity index (χ0v) is 12.5. The molecule has 2 rings (SSSR count). The van der Waals surface area contributed by atoms with Crippen LogP contribution in [0.25, 0.3) is 0 Å². The molecule has 0 aliphatic carbocycles. The Morgan fingerprint density at radius 1 is 1.20 bits per heavy atom. The minimum Gasteiger partial charge on any atom is -0.264 e. The van der Waals surface area contributed by atoms with Crippen molar-refractivity contribution in [2.45, 2.75) is 37.9 Å². The van der Waals surface area contributed by atoms with Crippen molar-refractivity contribution in [2.75, 3.05) is 0 Å². The largest absolute Gasteiger partial charge is 0.264 e. The van der Waals surface area contributed by atoms with Crippen LogP contribution in [0.3, 0.4) is 0 Å². The first-order valence-corrected chi connectivity index (χ1v) is 7.86. The van der Waals surface area contributed by atoms with Crippen molar-refractivity contribution in [3.8, 4) is 0 Å². The summed E-state index contributed by atoms with van der Waals surface area (Å²) in [7, 11) is -3.62. The molecule has 1 N–H and O–H groups in total. The second-order valence-corrected chi connectivity index (χ2v) is 6.50. The highest BCUT2D eigenvalue weighted by Gasteiger charge is 2.23. The lowest BCUT2D eigenvalue weighted by Crippen LogP contribution is -2.29. The number of aromatic nitrogens is 3. The van der Waals surface area contributed by atoms with Gasteiger partial charge < -0.3 is 0 Å². The van der Waals surface area contributed by atoms with E-state index in [2.05, 4.69) is 14.8 Å². The Labute approximate surface area is 118 Å². The van der Waals surface area contributed by atoms with Gasteiger partial charge in [0, 0.05) is 24.5 Å². The summed E-state index contributed by atoms with van der Waals surface area (Å²) in [5.74, 6) is 0. The van der Waals surface area contributed by atoms with E-state index in [0.29, 0.717) is 0 Å². The summed E-state index contributed by atoms with van der Waals surface area (Å²) in [4.78, 5) is 3.99. The van der Waals surface area contributed by atoms with E-state index in [4.69, 9.17) is 0 Å². The number of rotatable bonds is 5. The predicted molar refractivity (Wildman–Crippen MR) is 75.6 cm³/mol. The van der Waals surface area contributed by atoms with Crippen LogP contribution in [0.4, 0.5) is 0 Å². The Morgan fingerprint density at radius 3 is 2.55 bits per heavy atom. The van der Waals surface area contributed by atoms with E-state index in [9.17, 15) is 8.42 Å². The van der Waals surface area contributed by atoms with E-state index in [1.807, 2.05) is 19.9 Å². The van der Waals surface area contributed by atoms with Crippen LogP contribution in [0, 0.1) is 0 Å². The first-order valence-electron chi connectivity index (χ1n) is 6.37. The van der Waals surface area contributed by atoms with Crippen molar-refractivity contribution in [3.63, 3.8) is 0 Å². The van der Waals surface area contributed by atoms with Crippen LogP contribution in [-0.4, -0.2) is 23.2 Å². The van der Waals surface area contributed by atoms with E-state index in [-0.39, 0.29) is 17.1 Å². The minimum absolute atomic E-state index is 0.0229. The van der Waals surface area contributed by atoms with Gasteiger partial charge in [-0.2, -0.15) is 5.10 Å². The van der Waals surface area contributed by atoms with Crippen LogP contribution in [0.5, 0.6) is 0 Å². The normalized spacial score (nSPS) is 13.6. The third-order valence-electron chi connectivity index (χ3n) is 2.91. The molecule has 0 amide bonds. The summed E-state index contributed by atoms with van der Waals surface area (Å²) in [5, 5.41) is 4.22. The van der Waals surface area contributed by atoms with Gasteiger partial charge in [-0.15, -0.1) is 0 Å². The lowest BCUT2D eigenvalue weighted by molar-refractivity contribution is 0.473. The second-order valence-electron chi connectivity index (χ2n) is 4.84. The molecule has 2 aromatic heterocycles. The third kappa shape index (κ3) is 3.05. The van der Waals surface area contributed by atoms with Gasteiger partial charge in [0.05, 0.1) is 6.20 Å². The average molecular weight is 294 g/mol. The lowest BCUT2D eigenvalue weighted by atomic mass is 10.2. The molecule has 1 unspecified atom stereocenters. The maximum Gasteiger partial charge on any atom is 0.258 e. The molecular formula is C13H18N4O2S. The zero-order valence-electron chi connectivity index (χ0n) is 11.7. The molecule has 20 heavy (non-hydrogen) atoms. The first kappa shape index (κ1) is 14.7. The van der Waals surface area contributed by atoms with E-state index in [0.717, 1.165) is 5.56 Å². The van der Waals surface area contributed by atoms with Gasteiger partial charge in [-0.05, 0) is 38.5 Å². The van der Waals surface area contributed by atoms with Crippen LogP contribution in [-0.2, 0) is 10.0 Å². The van der Waals surface area contributed by atoms with Gasteiger partial charge in [0.2, 0.25) is 0 Å². The van der Waals surface area contributed by atoms with Crippen molar-refractivity contribution in [3.05, 3.63) is 42.4 Å². The SMILES string of the molecule is CC(NS(=O)(=O)c1ccnn1C(C)C)c1cccnc1. The topological polar surface area (TPSA) is 76.9 Å². The van der Waals surface area contributed by atoms with E-state index in [1.54, 1.807) is 25.4 Å². The maximum atomic E-state index is 12.4. The van der Waals surface area contributed by atoms with E-state index < -0.39 is 10.0 Å². The van der Waals surface area contributed by atoms with Gasteiger partial charge >= 0.3 is 0 Å². The van der Waals surface area contributed by atoms with Crippen LogP contribution in [0.15, 0.2) is 41.8 Å². The Kier molecular flexibility index (Phi) is 4.20. The number of pyridine rings is 1. The third-order valence-corrected chi connectivity index (χ3v) is 4.45. The van der Waals surface area contributed by atoms with Crippen LogP contribution >= 0.6 is 0 Å². The number of nitrogens with zero attached hydrogens (tertiary/aromatic N) is 3. The average Bonchev–Trinajstić information content (AvgIpc) is 2.89. The van der Waals surface area contributed by atoms with Crippen molar-refractivity contribution in [2.24, 2.45) is 0 Å². The standard InChI is InChI=1S/C13H18N4O2S/c1-10(2)17-13(6-8-15-17)20(18,19)16-11(3)12-5-4-7-14-9-12/h4-11,16H,1-3H3. The summed E-state index contributed by atoms with van der Waals surface area (Å²) in [6, 6.07) is 4.73. The molecule has 108 valence electrons. The fourth-order valence-electron chi connectivity index (χ4n) is 1.90. The molecule has 2 aromatic rings. The number of hydrogen-bond acceptors (Lipinski definition) is 4. The number of hydrogen-bond donors (Lipinski definition) is 1. The zero-order chi connectivity index (χ0) is 14.8. The molecule has 0 aromatic carbocycles. The van der Waals surface area contributed by atoms with Crippen molar-refractivity contribution < 1.29 is 8.42 Å². The molecule has 0 saturated heterocycles. The Morgan fingerprint density at radius 2 is 1.95 bits per heavy atom. The van der Waals surface area contributed by atoms with Gasteiger partial charge in [-0.25, -0.2) is 13.1 Å². The Balaban J connectivity index is 2.26. The van der Waals surface area contributed by atoms with Gasteiger partial charge in [-0.1, -0.05) is 6.07 Å². The summed E-state index contributed by atoms with van der Waals surface area (Å²) in [6.07, 6.45) is 4.79. The smallest absolute Gasteiger partial charge is 0.258 e. The molecule has 7 heteroatoms. The quantitative estimate of drug-likeness (QED) is 0.913. The van der Waals surface area contributed by atoms with E-state index >= 15 is 0 Å². The molecule has 0 aliphatic rings. The van der Waals surface area contributed by atoms with Crippen molar-refractivity contribution in [1.29, 1.82) is 0 Å². The summed E-state index contributed by atoms with van der Waals surface area (Å²) in [5.41, 5.74) is 0.812. The highest BCUT2D eigenvalue weighted by Crippen LogP contribution is 2.18. The Hall–Kier alpha value is -1.73. The molecule has 1 atom stereocenters. The molecule has 0 spiro atoms. The van der Waals surface area contributed by atoms with Gasteiger partial charge in [0.15, 0.2) is 5.03 Å². The molecule has 0 aliphatic heterocycles. The molecule has 0 fully saturated rings. The molecule has 0 saturated carbocycles. The van der Waals surface area contributed by atoms with Crippen LogP contribution in [0.2, 0.25) is 0 Å². The second kappa shape index (κ2) is 5.72. The summed E-state index contributed by atoms with van der Waals surface area (Å²) < 4.78 is 28.9. The summed E-state index contributed by atoms with van der Waals surface area (Å²) >= 11 is 0. The van der Waals surface area contributed by atoms with E-state index in [1.165, 1.54) is 16.9 Å². The lowest BCUT2D eigenvalue weighted by Gasteiger charge is -2.16. The van der Waals surface area contributed by atoms with Gasteiger partial charge in [0.25, 0.3) is 10.0 Å².